The van der Waals surface area contributed by atoms with Gasteiger partial charge in [0.2, 0.25) is 5.91 Å². The Morgan fingerprint density at radius 2 is 1.89 bits per heavy atom. The Labute approximate surface area is 107 Å². The molecule has 1 aromatic rings. The summed E-state index contributed by atoms with van der Waals surface area (Å²) in [7, 11) is 3.24. The molecule has 100 valence electrons. The number of nitrogens with one attached hydrogen (secondary N) is 2. The minimum absolute atomic E-state index is 0.0283. The van der Waals surface area contributed by atoms with Crippen molar-refractivity contribution in [2.45, 2.75) is 13.0 Å². The molecule has 0 aliphatic heterocycles. The average molecular weight is 252 g/mol. The van der Waals surface area contributed by atoms with Gasteiger partial charge in [-0.15, -0.1) is 0 Å². The predicted octanol–water partition coefficient (Wildman–Crippen LogP) is 0.798. The third-order valence-electron chi connectivity index (χ3n) is 2.52. The highest BCUT2D eigenvalue weighted by Gasteiger charge is 2.08. The number of hydrogen-bond donors (Lipinski definition) is 2. The maximum Gasteiger partial charge on any atom is 0.236 e. The molecule has 0 heterocycles. The van der Waals surface area contributed by atoms with Crippen molar-refractivity contribution in [3.8, 4) is 11.5 Å². The molecule has 0 bridgehead atoms. The first-order valence-corrected chi connectivity index (χ1v) is 5.89. The van der Waals surface area contributed by atoms with Crippen molar-refractivity contribution in [1.82, 2.24) is 10.6 Å². The average Bonchev–Trinajstić information content (AvgIpc) is 2.43. The molecule has 0 aromatic heterocycles. The summed E-state index contributed by atoms with van der Waals surface area (Å²) in [6, 6.07) is 7.17. The Hall–Kier alpha value is -1.75. The fourth-order valence-electron chi connectivity index (χ4n) is 1.43. The number of rotatable bonds is 7. The monoisotopic (exact) mass is 252 g/mol. The number of carbonyl (C=O) groups excluding carboxylic acids is 1. The van der Waals surface area contributed by atoms with E-state index >= 15 is 0 Å². The van der Waals surface area contributed by atoms with E-state index in [0.717, 1.165) is 11.5 Å². The van der Waals surface area contributed by atoms with Crippen molar-refractivity contribution in [3.05, 3.63) is 24.3 Å². The van der Waals surface area contributed by atoms with Crippen LogP contribution < -0.4 is 20.1 Å². The van der Waals surface area contributed by atoms with Crippen molar-refractivity contribution < 1.29 is 14.3 Å². The second kappa shape index (κ2) is 7.55. The van der Waals surface area contributed by atoms with Crippen LogP contribution in [0.15, 0.2) is 24.3 Å². The molecule has 2 N–H and O–H groups in total. The van der Waals surface area contributed by atoms with Crippen LogP contribution in [0.1, 0.15) is 6.92 Å². The van der Waals surface area contributed by atoms with Crippen LogP contribution in [0.5, 0.6) is 11.5 Å². The van der Waals surface area contributed by atoms with Gasteiger partial charge in [0.25, 0.3) is 0 Å². The first kappa shape index (κ1) is 14.3. The molecule has 0 radical (unpaired) electrons. The topological polar surface area (TPSA) is 59.6 Å². The summed E-state index contributed by atoms with van der Waals surface area (Å²) in [5.74, 6) is 1.55. The predicted molar refractivity (Wildman–Crippen MR) is 70.0 cm³/mol. The summed E-state index contributed by atoms with van der Waals surface area (Å²) in [6.07, 6.45) is 0. The van der Waals surface area contributed by atoms with E-state index < -0.39 is 0 Å². The van der Waals surface area contributed by atoms with Gasteiger partial charge in [0.05, 0.1) is 13.2 Å². The SMILES string of the molecule is CNC(=O)C(C)NCCOc1ccc(OC)cc1. The largest absolute Gasteiger partial charge is 0.497 e. The Morgan fingerprint density at radius 3 is 2.44 bits per heavy atom. The fourth-order valence-corrected chi connectivity index (χ4v) is 1.43. The van der Waals surface area contributed by atoms with Crippen LogP contribution >= 0.6 is 0 Å². The van der Waals surface area contributed by atoms with Gasteiger partial charge in [0.15, 0.2) is 0 Å². The second-order valence-electron chi connectivity index (χ2n) is 3.81. The van der Waals surface area contributed by atoms with Crippen LogP contribution in [0.3, 0.4) is 0 Å². The third-order valence-corrected chi connectivity index (χ3v) is 2.52. The molecular weight excluding hydrogens is 232 g/mol. The van der Waals surface area contributed by atoms with Crippen LogP contribution in [0.25, 0.3) is 0 Å². The molecule has 18 heavy (non-hydrogen) atoms. The van der Waals surface area contributed by atoms with Crippen molar-refractivity contribution in [2.24, 2.45) is 0 Å². The van der Waals surface area contributed by atoms with Gasteiger partial charge in [-0.25, -0.2) is 0 Å². The molecule has 1 atom stereocenters. The molecule has 0 spiro atoms. The van der Waals surface area contributed by atoms with Gasteiger partial charge in [-0.3, -0.25) is 4.79 Å². The van der Waals surface area contributed by atoms with Gasteiger partial charge < -0.3 is 20.1 Å². The molecule has 0 saturated heterocycles. The summed E-state index contributed by atoms with van der Waals surface area (Å²) in [5.41, 5.74) is 0. The van der Waals surface area contributed by atoms with E-state index in [1.165, 1.54) is 0 Å². The number of hydrogen-bond acceptors (Lipinski definition) is 4. The van der Waals surface area contributed by atoms with Crippen LogP contribution in [-0.2, 0) is 4.79 Å². The molecule has 5 nitrogen and oxygen atoms in total. The minimum atomic E-state index is -0.213. The molecule has 5 heteroatoms. The second-order valence-corrected chi connectivity index (χ2v) is 3.81. The molecule has 1 rings (SSSR count). The standard InChI is InChI=1S/C13H20N2O3/c1-10(13(16)14-2)15-8-9-18-12-6-4-11(17-3)5-7-12/h4-7,10,15H,8-9H2,1-3H3,(H,14,16). The Balaban J connectivity index is 2.23. The van der Waals surface area contributed by atoms with Crippen LogP contribution in [-0.4, -0.2) is 39.3 Å². The number of amides is 1. The smallest absolute Gasteiger partial charge is 0.236 e. The van der Waals surface area contributed by atoms with Gasteiger partial charge in [-0.05, 0) is 31.2 Å². The summed E-state index contributed by atoms with van der Waals surface area (Å²) >= 11 is 0. The van der Waals surface area contributed by atoms with Crippen LogP contribution in [0, 0.1) is 0 Å². The van der Waals surface area contributed by atoms with E-state index in [1.807, 2.05) is 31.2 Å². The molecular formula is C13H20N2O3. The first-order chi connectivity index (χ1) is 8.67. The van der Waals surface area contributed by atoms with Gasteiger partial charge >= 0.3 is 0 Å². The molecule has 0 saturated carbocycles. The molecule has 1 unspecified atom stereocenters. The lowest BCUT2D eigenvalue weighted by molar-refractivity contribution is -0.122. The lowest BCUT2D eigenvalue weighted by Crippen LogP contribution is -2.42. The highest BCUT2D eigenvalue weighted by Crippen LogP contribution is 2.16. The Morgan fingerprint density at radius 1 is 1.28 bits per heavy atom. The minimum Gasteiger partial charge on any atom is -0.497 e. The van der Waals surface area contributed by atoms with Crippen molar-refractivity contribution in [3.63, 3.8) is 0 Å². The molecule has 0 aliphatic carbocycles. The van der Waals surface area contributed by atoms with Gasteiger partial charge in [0, 0.05) is 13.6 Å². The van der Waals surface area contributed by atoms with E-state index in [0.29, 0.717) is 13.2 Å². The fraction of sp³-hybridized carbons (Fsp3) is 0.462. The highest BCUT2D eigenvalue weighted by atomic mass is 16.5. The number of likely N-dealkylation sites (N-methyl/N-ethyl adjacent to an activating group) is 1. The third kappa shape index (κ3) is 4.63. The summed E-state index contributed by atoms with van der Waals surface area (Å²) in [4.78, 5) is 11.2. The van der Waals surface area contributed by atoms with Crippen LogP contribution in [0.2, 0.25) is 0 Å². The van der Waals surface area contributed by atoms with E-state index in [-0.39, 0.29) is 11.9 Å². The summed E-state index contributed by atoms with van der Waals surface area (Å²) in [5, 5.41) is 5.64. The maximum atomic E-state index is 11.2. The van der Waals surface area contributed by atoms with E-state index in [2.05, 4.69) is 10.6 Å². The van der Waals surface area contributed by atoms with Crippen molar-refractivity contribution in [1.29, 1.82) is 0 Å². The van der Waals surface area contributed by atoms with Gasteiger partial charge in [-0.1, -0.05) is 0 Å². The zero-order chi connectivity index (χ0) is 13.4. The zero-order valence-corrected chi connectivity index (χ0v) is 11.0. The quantitative estimate of drug-likeness (QED) is 0.705. The van der Waals surface area contributed by atoms with E-state index in [4.69, 9.17) is 9.47 Å². The zero-order valence-electron chi connectivity index (χ0n) is 11.0. The Kier molecular flexibility index (Phi) is 6.00. The number of ether oxygens (including phenoxy) is 2. The molecule has 0 aliphatic rings. The number of benzene rings is 1. The summed E-state index contributed by atoms with van der Waals surface area (Å²) < 4.78 is 10.6. The lowest BCUT2D eigenvalue weighted by Gasteiger charge is -2.12. The highest BCUT2D eigenvalue weighted by molar-refractivity contribution is 5.80. The van der Waals surface area contributed by atoms with Crippen molar-refractivity contribution >= 4 is 5.91 Å². The van der Waals surface area contributed by atoms with Crippen molar-refractivity contribution in [2.75, 3.05) is 27.3 Å². The summed E-state index contributed by atoms with van der Waals surface area (Å²) in [6.45, 7) is 2.93. The maximum absolute atomic E-state index is 11.2. The normalized spacial score (nSPS) is 11.7. The molecule has 0 fully saturated rings. The lowest BCUT2D eigenvalue weighted by atomic mass is 10.3. The Bertz CT molecular complexity index is 365. The van der Waals surface area contributed by atoms with E-state index in [1.54, 1.807) is 14.2 Å². The number of methoxy groups -OCH3 is 1. The first-order valence-electron chi connectivity index (χ1n) is 5.89. The molecule has 1 amide bonds. The van der Waals surface area contributed by atoms with E-state index in [9.17, 15) is 4.79 Å². The van der Waals surface area contributed by atoms with Gasteiger partial charge in [0.1, 0.15) is 18.1 Å². The number of carbonyl (C=O) groups is 1. The van der Waals surface area contributed by atoms with Gasteiger partial charge in [-0.2, -0.15) is 0 Å². The molecule has 1 aromatic carbocycles. The van der Waals surface area contributed by atoms with Crippen LogP contribution in [0.4, 0.5) is 0 Å².